The molecule has 1 aromatic heterocycles. The molecule has 67 valence electrons. The molecule has 1 rings (SSSR count). The minimum atomic E-state index is 0.786. The Balaban J connectivity index is 2.11. The first-order valence-electron chi connectivity index (χ1n) is 4.48. The van der Waals surface area contributed by atoms with Gasteiger partial charge in [0.2, 0.25) is 0 Å². The molecular formula is C10H16NS. The Morgan fingerprint density at radius 1 is 1.67 bits per heavy atom. The van der Waals surface area contributed by atoms with E-state index in [1.807, 2.05) is 6.07 Å². The molecule has 0 aliphatic heterocycles. The summed E-state index contributed by atoms with van der Waals surface area (Å²) in [5.74, 6) is 0.786. The zero-order chi connectivity index (χ0) is 8.81. The number of hydrogen-bond donors (Lipinski definition) is 1. The molecule has 2 heteroatoms. The van der Waals surface area contributed by atoms with Crippen molar-refractivity contribution in [2.45, 2.75) is 26.8 Å². The average Bonchev–Trinajstić information content (AvgIpc) is 2.57. The van der Waals surface area contributed by atoms with Crippen molar-refractivity contribution in [2.75, 3.05) is 6.54 Å². The molecule has 0 saturated carbocycles. The van der Waals surface area contributed by atoms with Gasteiger partial charge in [0, 0.05) is 16.8 Å². The third-order valence-corrected chi connectivity index (χ3v) is 2.81. The van der Waals surface area contributed by atoms with Gasteiger partial charge in [-0.1, -0.05) is 20.3 Å². The molecule has 1 radical (unpaired) electrons. The molecule has 0 amide bonds. The number of hydrogen-bond acceptors (Lipinski definition) is 2. The summed E-state index contributed by atoms with van der Waals surface area (Å²) in [7, 11) is 0. The zero-order valence-corrected chi connectivity index (χ0v) is 8.58. The van der Waals surface area contributed by atoms with E-state index in [-0.39, 0.29) is 0 Å². The molecule has 0 unspecified atom stereocenters. The van der Waals surface area contributed by atoms with Crippen molar-refractivity contribution in [1.29, 1.82) is 0 Å². The zero-order valence-electron chi connectivity index (χ0n) is 7.76. The predicted molar refractivity (Wildman–Crippen MR) is 54.3 cm³/mol. The van der Waals surface area contributed by atoms with Crippen molar-refractivity contribution in [3.8, 4) is 0 Å². The van der Waals surface area contributed by atoms with Crippen LogP contribution in [0.4, 0.5) is 0 Å². The van der Waals surface area contributed by atoms with Crippen molar-refractivity contribution < 1.29 is 0 Å². The van der Waals surface area contributed by atoms with E-state index in [1.54, 1.807) is 11.3 Å². The maximum atomic E-state index is 3.43. The molecule has 0 saturated heterocycles. The molecule has 1 aromatic rings. The van der Waals surface area contributed by atoms with Crippen LogP contribution in [0.2, 0.25) is 0 Å². The Hall–Kier alpha value is -0.340. The molecule has 1 atom stereocenters. The topological polar surface area (TPSA) is 12.0 Å². The van der Waals surface area contributed by atoms with Gasteiger partial charge in [0.15, 0.2) is 0 Å². The van der Waals surface area contributed by atoms with Crippen LogP contribution < -0.4 is 5.32 Å². The fraction of sp³-hybridized carbons (Fsp3) is 0.600. The number of nitrogens with one attached hydrogen (secondary N) is 1. The maximum Gasteiger partial charge on any atom is 0.0446 e. The summed E-state index contributed by atoms with van der Waals surface area (Å²) in [6.45, 7) is 6.62. The normalized spacial score (nSPS) is 13.2. The molecule has 0 aromatic carbocycles. The Morgan fingerprint density at radius 2 is 2.50 bits per heavy atom. The van der Waals surface area contributed by atoms with Gasteiger partial charge in [-0.25, -0.2) is 0 Å². The smallest absolute Gasteiger partial charge is 0.0446 e. The predicted octanol–water partition coefficient (Wildman–Crippen LogP) is 2.68. The van der Waals surface area contributed by atoms with Gasteiger partial charge in [0.1, 0.15) is 0 Å². The lowest BCUT2D eigenvalue weighted by atomic mass is 10.1. The van der Waals surface area contributed by atoms with Crippen molar-refractivity contribution in [3.05, 3.63) is 22.4 Å². The third kappa shape index (κ3) is 3.37. The lowest BCUT2D eigenvalue weighted by Gasteiger charge is -2.08. The molecule has 0 aliphatic rings. The molecular weight excluding hydrogens is 166 g/mol. The Kier molecular flexibility index (Phi) is 4.33. The molecule has 1 nitrogen and oxygen atoms in total. The van der Waals surface area contributed by atoms with Crippen LogP contribution in [0.5, 0.6) is 0 Å². The largest absolute Gasteiger partial charge is 0.312 e. The van der Waals surface area contributed by atoms with E-state index in [1.165, 1.54) is 11.3 Å². The first kappa shape index (κ1) is 9.75. The van der Waals surface area contributed by atoms with Crippen LogP contribution in [0.25, 0.3) is 0 Å². The molecule has 0 fully saturated rings. The van der Waals surface area contributed by atoms with Gasteiger partial charge < -0.3 is 5.32 Å². The molecule has 1 N–H and O–H groups in total. The molecule has 12 heavy (non-hydrogen) atoms. The van der Waals surface area contributed by atoms with Crippen LogP contribution in [-0.4, -0.2) is 6.54 Å². The van der Waals surface area contributed by atoms with Gasteiger partial charge in [0.25, 0.3) is 0 Å². The van der Waals surface area contributed by atoms with E-state index in [4.69, 9.17) is 0 Å². The second kappa shape index (κ2) is 5.33. The van der Waals surface area contributed by atoms with Gasteiger partial charge in [-0.15, -0.1) is 11.3 Å². The van der Waals surface area contributed by atoms with Gasteiger partial charge in [-0.2, -0.15) is 0 Å². The highest BCUT2D eigenvalue weighted by molar-refractivity contribution is 7.09. The summed E-state index contributed by atoms with van der Waals surface area (Å²) in [6, 6.07) is 4.10. The van der Waals surface area contributed by atoms with Crippen LogP contribution in [0.15, 0.2) is 12.1 Å². The number of rotatable bonds is 5. The van der Waals surface area contributed by atoms with Crippen molar-refractivity contribution in [1.82, 2.24) is 5.32 Å². The minimum absolute atomic E-state index is 0.786. The minimum Gasteiger partial charge on any atom is -0.312 e. The molecule has 1 heterocycles. The van der Waals surface area contributed by atoms with E-state index in [0.717, 1.165) is 19.0 Å². The Morgan fingerprint density at radius 3 is 3.08 bits per heavy atom. The van der Waals surface area contributed by atoms with Gasteiger partial charge in [-0.3, -0.25) is 0 Å². The van der Waals surface area contributed by atoms with Gasteiger partial charge >= 0.3 is 0 Å². The lowest BCUT2D eigenvalue weighted by Crippen LogP contribution is -2.19. The van der Waals surface area contributed by atoms with Crippen LogP contribution in [-0.2, 0) is 6.54 Å². The van der Waals surface area contributed by atoms with E-state index >= 15 is 0 Å². The summed E-state index contributed by atoms with van der Waals surface area (Å²) in [6.07, 6.45) is 1.25. The average molecular weight is 182 g/mol. The molecule has 0 bridgehead atoms. The summed E-state index contributed by atoms with van der Waals surface area (Å²) in [4.78, 5) is 1.37. The fourth-order valence-corrected chi connectivity index (χ4v) is 1.55. The summed E-state index contributed by atoms with van der Waals surface area (Å²) < 4.78 is 0. The van der Waals surface area contributed by atoms with E-state index in [0.29, 0.717) is 0 Å². The summed E-state index contributed by atoms with van der Waals surface area (Å²) in [5, 5.41) is 6.51. The highest BCUT2D eigenvalue weighted by Gasteiger charge is 1.97. The standard InChI is InChI=1S/C10H16NS/c1-3-9(2)7-11-8-10-5-4-6-12-10/h4-5,9,11H,3,7-8H2,1-2H3/t9-/m0/s1. The van der Waals surface area contributed by atoms with Crippen LogP contribution in [0.3, 0.4) is 0 Å². The Labute approximate surface area is 78.8 Å². The van der Waals surface area contributed by atoms with Crippen LogP contribution in [0, 0.1) is 11.3 Å². The van der Waals surface area contributed by atoms with E-state index in [9.17, 15) is 0 Å². The molecule has 0 aliphatic carbocycles. The fourth-order valence-electron chi connectivity index (χ4n) is 0.952. The Bertz CT molecular complexity index is 194. The highest BCUT2D eigenvalue weighted by atomic mass is 32.1. The van der Waals surface area contributed by atoms with E-state index in [2.05, 4.69) is 30.6 Å². The quantitative estimate of drug-likeness (QED) is 0.738. The van der Waals surface area contributed by atoms with Crippen LogP contribution >= 0.6 is 11.3 Å². The van der Waals surface area contributed by atoms with Crippen molar-refractivity contribution in [2.24, 2.45) is 5.92 Å². The first-order chi connectivity index (χ1) is 5.83. The lowest BCUT2D eigenvalue weighted by molar-refractivity contribution is 0.501. The second-order valence-corrected chi connectivity index (χ2v) is 4.13. The van der Waals surface area contributed by atoms with Crippen molar-refractivity contribution in [3.63, 3.8) is 0 Å². The van der Waals surface area contributed by atoms with Gasteiger partial charge in [-0.05, 0) is 24.6 Å². The van der Waals surface area contributed by atoms with Gasteiger partial charge in [0.05, 0.1) is 0 Å². The highest BCUT2D eigenvalue weighted by Crippen LogP contribution is 2.07. The van der Waals surface area contributed by atoms with E-state index < -0.39 is 0 Å². The van der Waals surface area contributed by atoms with Crippen molar-refractivity contribution >= 4 is 11.3 Å². The maximum absolute atomic E-state index is 3.43. The summed E-state index contributed by atoms with van der Waals surface area (Å²) >= 11 is 1.69. The molecule has 0 spiro atoms. The monoisotopic (exact) mass is 182 g/mol. The van der Waals surface area contributed by atoms with Crippen LogP contribution in [0.1, 0.15) is 25.1 Å². The second-order valence-electron chi connectivity index (χ2n) is 3.16. The number of thiophene rings is 1. The first-order valence-corrected chi connectivity index (χ1v) is 5.30. The SMILES string of the molecule is CC[C@H](C)CNCc1cc[c]s1. The third-order valence-electron chi connectivity index (χ3n) is 2.02. The summed E-state index contributed by atoms with van der Waals surface area (Å²) in [5.41, 5.74) is 0.